The van der Waals surface area contributed by atoms with Crippen LogP contribution in [-0.4, -0.2) is 67.7 Å². The van der Waals surface area contributed by atoms with Crippen molar-refractivity contribution >= 4 is 15.9 Å². The molecule has 1 N–H and O–H groups in total. The van der Waals surface area contributed by atoms with Crippen LogP contribution in [0.1, 0.15) is 27.9 Å². The fourth-order valence-electron chi connectivity index (χ4n) is 4.04. The second-order valence-corrected chi connectivity index (χ2v) is 9.57. The molecule has 2 aliphatic rings. The zero-order chi connectivity index (χ0) is 18.4. The highest BCUT2D eigenvalue weighted by Crippen LogP contribution is 2.43. The van der Waals surface area contributed by atoms with E-state index in [9.17, 15) is 18.3 Å². The highest BCUT2D eigenvalue weighted by atomic mass is 32.2. The molecule has 0 radical (unpaired) electrons. The molecule has 3 rings (SSSR count). The number of aliphatic hydroxyl groups excluding tert-OH is 1. The molecule has 0 aliphatic carbocycles. The second kappa shape index (κ2) is 6.37. The van der Waals surface area contributed by atoms with Gasteiger partial charge in [-0.05, 0) is 49.4 Å². The number of carbonyl (C=O) groups excluding carboxylic acids is 1. The van der Waals surface area contributed by atoms with Crippen LogP contribution >= 0.6 is 0 Å². The third-order valence-electron chi connectivity index (χ3n) is 5.86. The number of aliphatic hydroxyl groups is 1. The summed E-state index contributed by atoms with van der Waals surface area (Å²) in [6.45, 7) is 5.58. The third kappa shape index (κ3) is 3.32. The topological polar surface area (TPSA) is 77.9 Å². The van der Waals surface area contributed by atoms with Crippen LogP contribution in [0.5, 0.6) is 0 Å². The van der Waals surface area contributed by atoms with Crippen LogP contribution in [0.25, 0.3) is 0 Å². The van der Waals surface area contributed by atoms with Gasteiger partial charge in [-0.2, -0.15) is 0 Å². The van der Waals surface area contributed by atoms with Gasteiger partial charge < -0.3 is 10.0 Å². The lowest BCUT2D eigenvalue weighted by Crippen LogP contribution is -2.52. The van der Waals surface area contributed by atoms with Crippen molar-refractivity contribution in [3.8, 4) is 0 Å². The minimum Gasteiger partial charge on any atom is -0.396 e. The summed E-state index contributed by atoms with van der Waals surface area (Å²) in [5, 5.41) is 10.0. The van der Waals surface area contributed by atoms with Crippen molar-refractivity contribution in [1.29, 1.82) is 0 Å². The van der Waals surface area contributed by atoms with Gasteiger partial charge in [0.1, 0.15) is 0 Å². The van der Waals surface area contributed by atoms with Crippen LogP contribution in [0.15, 0.2) is 18.2 Å². The number of fused-ring (bicyclic) bond motifs is 1. The van der Waals surface area contributed by atoms with Crippen molar-refractivity contribution in [2.24, 2.45) is 11.3 Å². The van der Waals surface area contributed by atoms with E-state index < -0.39 is 15.4 Å². The van der Waals surface area contributed by atoms with Gasteiger partial charge in [-0.1, -0.05) is 6.07 Å². The number of nitrogens with zero attached hydrogens (tertiary/aromatic N) is 2. The molecule has 25 heavy (non-hydrogen) atoms. The Balaban J connectivity index is 1.82. The van der Waals surface area contributed by atoms with Crippen molar-refractivity contribution < 1.29 is 18.3 Å². The molecule has 138 valence electrons. The lowest BCUT2D eigenvalue weighted by Gasteiger charge is -2.43. The van der Waals surface area contributed by atoms with E-state index in [0.717, 1.165) is 11.1 Å². The standard InChI is InChI=1S/C18H26N2O4S/c1-13-4-5-15(8-14(13)2)17(22)19-7-6-16-9-20(25(3,23)24)11-18(16,10-19)12-21/h4-5,8,16,21H,6-7,9-12H2,1-3H3/t16-,18+/m0/s1. The van der Waals surface area contributed by atoms with Crippen LogP contribution in [0, 0.1) is 25.2 Å². The SMILES string of the molecule is Cc1ccc(C(=O)N2CC[C@H]3CN(S(C)(=O)=O)C[C@@]3(CO)C2)cc1C. The van der Waals surface area contributed by atoms with Crippen LogP contribution in [0.3, 0.4) is 0 Å². The van der Waals surface area contributed by atoms with Gasteiger partial charge in [0.15, 0.2) is 0 Å². The van der Waals surface area contributed by atoms with E-state index in [0.29, 0.717) is 31.6 Å². The number of rotatable bonds is 3. The molecule has 0 aromatic heterocycles. The summed E-state index contributed by atoms with van der Waals surface area (Å²) in [6.07, 6.45) is 1.91. The van der Waals surface area contributed by atoms with E-state index in [1.54, 1.807) is 4.90 Å². The molecule has 2 heterocycles. The van der Waals surface area contributed by atoms with Gasteiger partial charge in [0.2, 0.25) is 10.0 Å². The lowest BCUT2D eigenvalue weighted by atomic mass is 9.74. The molecule has 0 saturated carbocycles. The number of aryl methyl sites for hydroxylation is 2. The zero-order valence-corrected chi connectivity index (χ0v) is 15.8. The summed E-state index contributed by atoms with van der Waals surface area (Å²) in [7, 11) is -3.29. The van der Waals surface area contributed by atoms with Crippen molar-refractivity contribution in [3.63, 3.8) is 0 Å². The van der Waals surface area contributed by atoms with Crippen molar-refractivity contribution in [2.45, 2.75) is 20.3 Å². The number of sulfonamides is 1. The average molecular weight is 366 g/mol. The number of hydrogen-bond donors (Lipinski definition) is 1. The van der Waals surface area contributed by atoms with E-state index in [1.165, 1.54) is 10.6 Å². The Bertz CT molecular complexity index is 792. The Labute approximate surface area is 149 Å². The first-order chi connectivity index (χ1) is 11.7. The molecule has 2 saturated heterocycles. The van der Waals surface area contributed by atoms with Gasteiger partial charge in [-0.25, -0.2) is 12.7 Å². The molecule has 2 fully saturated rings. The fraction of sp³-hybridized carbons (Fsp3) is 0.611. The Hall–Kier alpha value is -1.44. The highest BCUT2D eigenvalue weighted by Gasteiger charge is 2.52. The Morgan fingerprint density at radius 2 is 2.00 bits per heavy atom. The Kier molecular flexibility index (Phi) is 4.68. The minimum absolute atomic E-state index is 0.0489. The van der Waals surface area contributed by atoms with Gasteiger partial charge in [0.25, 0.3) is 5.91 Å². The molecule has 1 aromatic carbocycles. The number of hydrogen-bond acceptors (Lipinski definition) is 4. The molecule has 1 amide bonds. The summed E-state index contributed by atoms with van der Waals surface area (Å²) in [6, 6.07) is 5.67. The van der Waals surface area contributed by atoms with E-state index in [-0.39, 0.29) is 25.0 Å². The molecular weight excluding hydrogens is 340 g/mol. The van der Waals surface area contributed by atoms with Gasteiger partial charge in [-0.15, -0.1) is 0 Å². The van der Waals surface area contributed by atoms with Crippen LogP contribution < -0.4 is 0 Å². The van der Waals surface area contributed by atoms with Crippen molar-refractivity contribution in [3.05, 3.63) is 34.9 Å². The average Bonchev–Trinajstić information content (AvgIpc) is 2.96. The van der Waals surface area contributed by atoms with Crippen LogP contribution in [-0.2, 0) is 10.0 Å². The molecule has 0 spiro atoms. The largest absolute Gasteiger partial charge is 0.396 e. The first-order valence-electron chi connectivity index (χ1n) is 8.59. The van der Waals surface area contributed by atoms with Gasteiger partial charge in [-0.3, -0.25) is 4.79 Å². The van der Waals surface area contributed by atoms with Crippen LogP contribution in [0.2, 0.25) is 0 Å². The molecular formula is C18H26N2O4S. The normalized spacial score (nSPS) is 27.4. The quantitative estimate of drug-likeness (QED) is 0.866. The molecule has 7 heteroatoms. The van der Waals surface area contributed by atoms with E-state index >= 15 is 0 Å². The summed E-state index contributed by atoms with van der Waals surface area (Å²) in [4.78, 5) is 14.7. The number of carbonyl (C=O) groups is 1. The maximum absolute atomic E-state index is 12.9. The monoisotopic (exact) mass is 366 g/mol. The molecule has 0 bridgehead atoms. The predicted octanol–water partition coefficient (Wildman–Crippen LogP) is 1.02. The lowest BCUT2D eigenvalue weighted by molar-refractivity contribution is 0.0129. The zero-order valence-electron chi connectivity index (χ0n) is 15.0. The van der Waals surface area contributed by atoms with Crippen molar-refractivity contribution in [1.82, 2.24) is 9.21 Å². The summed E-state index contributed by atoms with van der Waals surface area (Å²) in [5.74, 6) is 0.0446. The van der Waals surface area contributed by atoms with E-state index in [4.69, 9.17) is 0 Å². The summed E-state index contributed by atoms with van der Waals surface area (Å²) in [5.41, 5.74) is 2.30. The maximum atomic E-state index is 12.9. The molecule has 2 atom stereocenters. The highest BCUT2D eigenvalue weighted by molar-refractivity contribution is 7.88. The van der Waals surface area contributed by atoms with Crippen LogP contribution in [0.4, 0.5) is 0 Å². The molecule has 0 unspecified atom stereocenters. The van der Waals surface area contributed by atoms with E-state index in [2.05, 4.69) is 0 Å². The fourth-order valence-corrected chi connectivity index (χ4v) is 4.99. The molecule has 1 aromatic rings. The minimum atomic E-state index is -3.29. The number of amides is 1. The van der Waals surface area contributed by atoms with Crippen molar-refractivity contribution in [2.75, 3.05) is 39.0 Å². The van der Waals surface area contributed by atoms with Gasteiger partial charge >= 0.3 is 0 Å². The number of benzene rings is 1. The Morgan fingerprint density at radius 1 is 1.28 bits per heavy atom. The maximum Gasteiger partial charge on any atom is 0.253 e. The van der Waals surface area contributed by atoms with E-state index in [1.807, 2.05) is 32.0 Å². The summed E-state index contributed by atoms with van der Waals surface area (Å²) < 4.78 is 25.3. The van der Waals surface area contributed by atoms with Gasteiger partial charge in [0.05, 0.1) is 12.9 Å². The predicted molar refractivity (Wildman–Crippen MR) is 95.9 cm³/mol. The number of likely N-dealkylation sites (tertiary alicyclic amines) is 1. The Morgan fingerprint density at radius 3 is 2.60 bits per heavy atom. The number of piperidine rings is 1. The third-order valence-corrected chi connectivity index (χ3v) is 7.08. The van der Waals surface area contributed by atoms with Gasteiger partial charge in [0, 0.05) is 37.2 Å². The second-order valence-electron chi connectivity index (χ2n) is 7.59. The smallest absolute Gasteiger partial charge is 0.253 e. The summed E-state index contributed by atoms with van der Waals surface area (Å²) >= 11 is 0. The molecule has 6 nitrogen and oxygen atoms in total. The first kappa shape index (κ1) is 18.4. The first-order valence-corrected chi connectivity index (χ1v) is 10.4. The molecule has 2 aliphatic heterocycles.